The Bertz CT molecular complexity index is 338. The zero-order chi connectivity index (χ0) is 11.6. The van der Waals surface area contributed by atoms with Gasteiger partial charge in [0.15, 0.2) is 0 Å². The van der Waals surface area contributed by atoms with Crippen LogP contribution in [-0.2, 0) is 12.0 Å². The lowest BCUT2D eigenvalue weighted by Crippen LogP contribution is -2.12. The molecule has 1 aliphatic rings. The van der Waals surface area contributed by atoms with Crippen molar-refractivity contribution in [1.29, 1.82) is 0 Å². The van der Waals surface area contributed by atoms with E-state index in [1.165, 1.54) is 29.7 Å². The second kappa shape index (κ2) is 4.80. The first-order valence-corrected chi connectivity index (χ1v) is 7.12. The van der Waals surface area contributed by atoms with Crippen LogP contribution in [0, 0.1) is 0 Å². The number of hydrogen-bond donors (Lipinski definition) is 1. The second-order valence-corrected chi connectivity index (χ2v) is 6.61. The third-order valence-electron chi connectivity index (χ3n) is 3.35. The van der Waals surface area contributed by atoms with E-state index in [9.17, 15) is 0 Å². The third-order valence-corrected chi connectivity index (χ3v) is 4.73. The molecule has 1 aromatic carbocycles. The summed E-state index contributed by atoms with van der Waals surface area (Å²) in [5.41, 5.74) is 8.85. The van der Waals surface area contributed by atoms with Gasteiger partial charge in [-0.2, -0.15) is 11.8 Å². The molecule has 2 rings (SSSR count). The second-order valence-electron chi connectivity index (χ2n) is 5.04. The minimum absolute atomic E-state index is 0.488. The third kappa shape index (κ3) is 2.61. The van der Waals surface area contributed by atoms with E-state index in [1.54, 1.807) is 0 Å². The highest BCUT2D eigenvalue weighted by Crippen LogP contribution is 2.50. The van der Waals surface area contributed by atoms with E-state index in [0.29, 0.717) is 12.0 Å². The lowest BCUT2D eigenvalue weighted by Gasteiger charge is -2.17. The van der Waals surface area contributed by atoms with Gasteiger partial charge in [-0.15, -0.1) is 0 Å². The molecule has 0 bridgehead atoms. The van der Waals surface area contributed by atoms with Crippen LogP contribution in [0.25, 0.3) is 0 Å². The Morgan fingerprint density at radius 2 is 1.88 bits per heavy atom. The molecule has 0 heterocycles. The average Bonchev–Trinajstić information content (AvgIpc) is 3.08. The summed E-state index contributed by atoms with van der Waals surface area (Å²) in [6, 6.07) is 8.90. The van der Waals surface area contributed by atoms with Crippen molar-refractivity contribution in [3.63, 3.8) is 0 Å². The molecule has 2 heteroatoms. The summed E-state index contributed by atoms with van der Waals surface area (Å²) >= 11 is 2.08. The Hall–Kier alpha value is -0.470. The lowest BCUT2D eigenvalue weighted by molar-refractivity contribution is 0.798. The van der Waals surface area contributed by atoms with Crippen molar-refractivity contribution in [1.82, 2.24) is 0 Å². The Balaban J connectivity index is 2.05. The molecule has 0 saturated heterocycles. The maximum absolute atomic E-state index is 5.62. The molecule has 0 aromatic heterocycles. The molecular weight excluding hydrogens is 214 g/mol. The summed E-state index contributed by atoms with van der Waals surface area (Å²) in [7, 11) is 0. The molecular formula is C14H21NS. The Morgan fingerprint density at radius 1 is 1.25 bits per heavy atom. The fourth-order valence-corrected chi connectivity index (χ4v) is 3.10. The predicted molar refractivity (Wildman–Crippen MR) is 72.8 cm³/mol. The highest BCUT2D eigenvalue weighted by molar-refractivity contribution is 7.99. The molecule has 88 valence electrons. The largest absolute Gasteiger partial charge is 0.326 e. The number of rotatable bonds is 5. The Morgan fingerprint density at radius 3 is 2.31 bits per heavy atom. The first-order chi connectivity index (χ1) is 7.66. The molecule has 0 amide bonds. The predicted octanol–water partition coefficient (Wildman–Crippen LogP) is 3.32. The number of nitrogens with two attached hydrogens (primary N) is 1. The van der Waals surface area contributed by atoms with Gasteiger partial charge in [-0.05, 0) is 29.2 Å². The SMILES string of the molecule is CC(C)SCC1(c2ccc(CN)cc2)CC1. The van der Waals surface area contributed by atoms with E-state index in [2.05, 4.69) is 49.9 Å². The average molecular weight is 235 g/mol. The summed E-state index contributed by atoms with van der Waals surface area (Å²) in [5.74, 6) is 1.27. The first kappa shape index (κ1) is 12.0. The van der Waals surface area contributed by atoms with Crippen LogP contribution in [-0.4, -0.2) is 11.0 Å². The molecule has 0 spiro atoms. The van der Waals surface area contributed by atoms with Crippen molar-refractivity contribution in [3.05, 3.63) is 35.4 Å². The highest BCUT2D eigenvalue weighted by atomic mass is 32.2. The summed E-state index contributed by atoms with van der Waals surface area (Å²) in [4.78, 5) is 0. The van der Waals surface area contributed by atoms with Gasteiger partial charge in [0.1, 0.15) is 0 Å². The van der Waals surface area contributed by atoms with Crippen molar-refractivity contribution in [2.45, 2.75) is 43.9 Å². The molecule has 2 N–H and O–H groups in total. The molecule has 0 atom stereocenters. The molecule has 0 aliphatic heterocycles. The van der Waals surface area contributed by atoms with Crippen LogP contribution < -0.4 is 5.73 Å². The van der Waals surface area contributed by atoms with E-state index >= 15 is 0 Å². The minimum Gasteiger partial charge on any atom is -0.326 e. The van der Waals surface area contributed by atoms with Crippen LogP contribution >= 0.6 is 11.8 Å². The number of benzene rings is 1. The normalized spacial score (nSPS) is 17.8. The van der Waals surface area contributed by atoms with Gasteiger partial charge in [-0.1, -0.05) is 38.1 Å². The molecule has 1 nitrogen and oxygen atoms in total. The smallest absolute Gasteiger partial charge is 0.0178 e. The summed E-state index contributed by atoms with van der Waals surface area (Å²) < 4.78 is 0. The topological polar surface area (TPSA) is 26.0 Å². The maximum atomic E-state index is 5.62. The van der Waals surface area contributed by atoms with Crippen LogP contribution in [0.15, 0.2) is 24.3 Å². The molecule has 16 heavy (non-hydrogen) atoms. The van der Waals surface area contributed by atoms with E-state index in [4.69, 9.17) is 5.73 Å². The molecule has 0 unspecified atom stereocenters. The van der Waals surface area contributed by atoms with Crippen molar-refractivity contribution in [3.8, 4) is 0 Å². The fourth-order valence-electron chi connectivity index (χ4n) is 1.99. The van der Waals surface area contributed by atoms with Crippen LogP contribution in [0.5, 0.6) is 0 Å². The molecule has 1 fully saturated rings. The van der Waals surface area contributed by atoms with Crippen molar-refractivity contribution >= 4 is 11.8 Å². The van der Waals surface area contributed by atoms with E-state index in [1.807, 2.05) is 0 Å². The zero-order valence-corrected chi connectivity index (χ0v) is 11.0. The Kier molecular flexibility index (Phi) is 3.60. The van der Waals surface area contributed by atoms with Gasteiger partial charge in [-0.3, -0.25) is 0 Å². The van der Waals surface area contributed by atoms with E-state index < -0.39 is 0 Å². The zero-order valence-electron chi connectivity index (χ0n) is 10.2. The van der Waals surface area contributed by atoms with Crippen molar-refractivity contribution in [2.24, 2.45) is 5.73 Å². The van der Waals surface area contributed by atoms with Crippen LogP contribution in [0.4, 0.5) is 0 Å². The fraction of sp³-hybridized carbons (Fsp3) is 0.571. The summed E-state index contributed by atoms with van der Waals surface area (Å²) in [6.07, 6.45) is 2.71. The van der Waals surface area contributed by atoms with Gasteiger partial charge in [-0.25, -0.2) is 0 Å². The quantitative estimate of drug-likeness (QED) is 0.847. The van der Waals surface area contributed by atoms with E-state index in [0.717, 1.165) is 5.25 Å². The summed E-state index contributed by atoms with van der Waals surface area (Å²) in [5, 5.41) is 0.737. The first-order valence-electron chi connectivity index (χ1n) is 6.07. The van der Waals surface area contributed by atoms with Crippen molar-refractivity contribution < 1.29 is 0 Å². The molecule has 1 aromatic rings. The van der Waals surface area contributed by atoms with E-state index in [-0.39, 0.29) is 0 Å². The molecule has 0 radical (unpaired) electrons. The summed E-state index contributed by atoms with van der Waals surface area (Å²) in [6.45, 7) is 5.20. The van der Waals surface area contributed by atoms with Gasteiger partial charge in [0, 0.05) is 17.7 Å². The maximum Gasteiger partial charge on any atom is 0.0178 e. The Labute approximate surface area is 103 Å². The van der Waals surface area contributed by atoms with Gasteiger partial charge in [0.25, 0.3) is 0 Å². The molecule has 1 saturated carbocycles. The van der Waals surface area contributed by atoms with Crippen LogP contribution in [0.3, 0.4) is 0 Å². The minimum atomic E-state index is 0.488. The van der Waals surface area contributed by atoms with Crippen LogP contribution in [0.2, 0.25) is 0 Å². The number of thioether (sulfide) groups is 1. The highest BCUT2D eigenvalue weighted by Gasteiger charge is 2.43. The van der Waals surface area contributed by atoms with Gasteiger partial charge in [0.2, 0.25) is 0 Å². The number of hydrogen-bond acceptors (Lipinski definition) is 2. The van der Waals surface area contributed by atoms with Gasteiger partial charge in [0.05, 0.1) is 0 Å². The monoisotopic (exact) mass is 235 g/mol. The van der Waals surface area contributed by atoms with Gasteiger partial charge < -0.3 is 5.73 Å². The standard InChI is InChI=1S/C14H21NS/c1-11(2)16-10-14(7-8-14)13-5-3-12(9-15)4-6-13/h3-6,11H,7-10,15H2,1-2H3. The van der Waals surface area contributed by atoms with Crippen LogP contribution in [0.1, 0.15) is 37.8 Å². The van der Waals surface area contributed by atoms with Gasteiger partial charge >= 0.3 is 0 Å². The molecule has 1 aliphatic carbocycles. The lowest BCUT2D eigenvalue weighted by atomic mass is 9.97. The van der Waals surface area contributed by atoms with Crippen molar-refractivity contribution in [2.75, 3.05) is 5.75 Å².